The van der Waals surface area contributed by atoms with Crippen molar-refractivity contribution in [3.63, 3.8) is 0 Å². The van der Waals surface area contributed by atoms with Crippen LogP contribution in [-0.4, -0.2) is 21.3 Å². The number of hydrogen-bond acceptors (Lipinski definition) is 4. The van der Waals surface area contributed by atoms with Gasteiger partial charge in [-0.2, -0.15) is 0 Å². The smallest absolute Gasteiger partial charge is 0.311 e. The van der Waals surface area contributed by atoms with Crippen LogP contribution in [0.3, 0.4) is 0 Å². The first-order valence-electron chi connectivity index (χ1n) is 4.07. The second kappa shape index (κ2) is 3.09. The Morgan fingerprint density at radius 1 is 1.47 bits per heavy atom. The summed E-state index contributed by atoms with van der Waals surface area (Å²) in [5.74, 6) is -0.429. The van der Waals surface area contributed by atoms with Crippen molar-refractivity contribution in [2.75, 3.05) is 0 Å². The lowest BCUT2D eigenvalue weighted by molar-refractivity contribution is -0.385. The van der Waals surface area contributed by atoms with Crippen molar-refractivity contribution >= 4 is 22.9 Å². The Morgan fingerprint density at radius 2 is 2.20 bits per heavy atom. The number of aldehydes is 1. The van der Waals surface area contributed by atoms with Gasteiger partial charge < -0.3 is 10.1 Å². The first-order valence-corrected chi connectivity index (χ1v) is 4.07. The quantitative estimate of drug-likeness (QED) is 0.443. The number of aromatic hydroxyl groups is 1. The van der Waals surface area contributed by atoms with E-state index in [1.54, 1.807) is 0 Å². The molecule has 0 bridgehead atoms. The molecule has 0 radical (unpaired) electrons. The van der Waals surface area contributed by atoms with Crippen LogP contribution in [0.2, 0.25) is 0 Å². The van der Waals surface area contributed by atoms with E-state index >= 15 is 0 Å². The fourth-order valence-corrected chi connectivity index (χ4v) is 1.41. The van der Waals surface area contributed by atoms with Crippen LogP contribution in [0.1, 0.15) is 10.5 Å². The molecule has 0 unspecified atom stereocenters. The van der Waals surface area contributed by atoms with E-state index in [-0.39, 0.29) is 16.8 Å². The number of benzene rings is 1. The molecule has 1 aromatic carbocycles. The first kappa shape index (κ1) is 9.20. The Morgan fingerprint density at radius 3 is 2.80 bits per heavy atom. The summed E-state index contributed by atoms with van der Waals surface area (Å²) in [4.78, 5) is 23.0. The number of nitro benzene ring substituents is 1. The highest BCUT2D eigenvalue weighted by molar-refractivity contribution is 5.94. The van der Waals surface area contributed by atoms with Gasteiger partial charge in [0.1, 0.15) is 0 Å². The minimum atomic E-state index is -0.678. The average molecular weight is 206 g/mol. The molecule has 0 aliphatic heterocycles. The number of phenolic OH excluding ortho intramolecular Hbond substituents is 1. The molecule has 1 heterocycles. The fraction of sp³-hybridized carbons (Fsp3) is 0. The minimum absolute atomic E-state index is 0.265. The molecular weight excluding hydrogens is 200 g/mol. The highest BCUT2D eigenvalue weighted by atomic mass is 16.6. The van der Waals surface area contributed by atoms with Gasteiger partial charge in [-0.05, 0) is 12.1 Å². The molecule has 2 N–H and O–H groups in total. The maximum atomic E-state index is 10.5. The third-order valence-corrected chi connectivity index (χ3v) is 2.10. The number of nitrogens with one attached hydrogen (secondary N) is 1. The SMILES string of the molecule is O=Cc1cc2c(O)c([N+](=O)[O-])ccc2[nH]1. The number of aromatic amines is 1. The zero-order valence-electron chi connectivity index (χ0n) is 7.43. The van der Waals surface area contributed by atoms with Crippen LogP contribution in [0.5, 0.6) is 5.75 Å². The molecule has 2 rings (SSSR count). The van der Waals surface area contributed by atoms with Crippen molar-refractivity contribution in [2.24, 2.45) is 0 Å². The Labute approximate surface area is 83.3 Å². The molecule has 0 saturated heterocycles. The van der Waals surface area contributed by atoms with Crippen LogP contribution in [0.25, 0.3) is 10.9 Å². The maximum Gasteiger partial charge on any atom is 0.311 e. The van der Waals surface area contributed by atoms with Crippen molar-refractivity contribution in [3.05, 3.63) is 34.0 Å². The Bertz CT molecular complexity index is 558. The van der Waals surface area contributed by atoms with Gasteiger partial charge in [0.15, 0.2) is 6.29 Å². The standard InChI is InChI=1S/C9H6N2O4/c12-4-5-3-6-7(10-5)1-2-8(9(6)13)11(14)15/h1-4,10,13H. The number of nitro groups is 1. The Kier molecular flexibility index (Phi) is 1.89. The van der Waals surface area contributed by atoms with Gasteiger partial charge in [0.2, 0.25) is 5.75 Å². The molecule has 0 atom stereocenters. The lowest BCUT2D eigenvalue weighted by Crippen LogP contribution is -1.87. The molecule has 0 saturated carbocycles. The number of carbonyl (C=O) groups excluding carboxylic acids is 1. The van der Waals surface area contributed by atoms with Crippen molar-refractivity contribution in [3.8, 4) is 5.75 Å². The summed E-state index contributed by atoms with van der Waals surface area (Å²) in [5.41, 5.74) is 0.375. The summed E-state index contributed by atoms with van der Waals surface area (Å²) in [6.07, 6.45) is 0.575. The monoisotopic (exact) mass is 206 g/mol. The normalized spacial score (nSPS) is 10.4. The van der Waals surface area contributed by atoms with Crippen LogP contribution in [0, 0.1) is 10.1 Å². The molecule has 6 nitrogen and oxygen atoms in total. The number of nitrogens with zero attached hydrogens (tertiary/aromatic N) is 1. The first-order chi connectivity index (χ1) is 7.13. The van der Waals surface area contributed by atoms with E-state index in [0.29, 0.717) is 11.8 Å². The summed E-state index contributed by atoms with van der Waals surface area (Å²) >= 11 is 0. The summed E-state index contributed by atoms with van der Waals surface area (Å²) in [7, 11) is 0. The van der Waals surface area contributed by atoms with E-state index < -0.39 is 10.7 Å². The molecule has 6 heteroatoms. The van der Waals surface area contributed by atoms with E-state index in [1.165, 1.54) is 18.2 Å². The molecule has 1 aromatic heterocycles. The molecule has 0 aliphatic rings. The van der Waals surface area contributed by atoms with Crippen molar-refractivity contribution < 1.29 is 14.8 Å². The zero-order chi connectivity index (χ0) is 11.0. The van der Waals surface area contributed by atoms with Crippen LogP contribution in [-0.2, 0) is 0 Å². The third-order valence-electron chi connectivity index (χ3n) is 2.10. The summed E-state index contributed by atoms with van der Waals surface area (Å²) in [6, 6.07) is 3.99. The van der Waals surface area contributed by atoms with Gasteiger partial charge in [-0.15, -0.1) is 0 Å². The lowest BCUT2D eigenvalue weighted by atomic mass is 10.2. The van der Waals surface area contributed by atoms with Gasteiger partial charge in [-0.25, -0.2) is 0 Å². The molecule has 15 heavy (non-hydrogen) atoms. The lowest BCUT2D eigenvalue weighted by Gasteiger charge is -1.96. The van der Waals surface area contributed by atoms with Crippen LogP contribution >= 0.6 is 0 Å². The molecule has 0 spiro atoms. The number of hydrogen-bond donors (Lipinski definition) is 2. The molecule has 0 amide bonds. The largest absolute Gasteiger partial charge is 0.502 e. The summed E-state index contributed by atoms with van der Waals surface area (Å²) in [5, 5.41) is 20.3. The number of fused-ring (bicyclic) bond motifs is 1. The Hall–Kier alpha value is -2.37. The minimum Gasteiger partial charge on any atom is -0.502 e. The predicted molar refractivity (Wildman–Crippen MR) is 52.0 cm³/mol. The number of carbonyl (C=O) groups is 1. The number of phenols is 1. The van der Waals surface area contributed by atoms with E-state index in [2.05, 4.69) is 4.98 Å². The van der Waals surface area contributed by atoms with Gasteiger partial charge in [-0.3, -0.25) is 14.9 Å². The molecule has 0 fully saturated rings. The van der Waals surface area contributed by atoms with Gasteiger partial charge in [0.05, 0.1) is 16.1 Å². The molecule has 2 aromatic rings. The van der Waals surface area contributed by atoms with Gasteiger partial charge in [0, 0.05) is 11.5 Å². The second-order valence-corrected chi connectivity index (χ2v) is 2.99. The number of rotatable bonds is 2. The average Bonchev–Trinajstić information content (AvgIpc) is 2.61. The molecule has 0 aliphatic carbocycles. The molecule has 76 valence electrons. The van der Waals surface area contributed by atoms with Crippen LogP contribution in [0.4, 0.5) is 5.69 Å². The zero-order valence-corrected chi connectivity index (χ0v) is 7.43. The van der Waals surface area contributed by atoms with E-state index in [4.69, 9.17) is 0 Å². The highest BCUT2D eigenvalue weighted by Crippen LogP contribution is 2.33. The van der Waals surface area contributed by atoms with Crippen LogP contribution in [0.15, 0.2) is 18.2 Å². The summed E-state index contributed by atoms with van der Waals surface area (Å²) in [6.45, 7) is 0. The van der Waals surface area contributed by atoms with E-state index in [9.17, 15) is 20.0 Å². The number of H-pyrrole nitrogens is 1. The Balaban J connectivity index is 2.77. The van der Waals surface area contributed by atoms with E-state index in [0.717, 1.165) is 0 Å². The highest BCUT2D eigenvalue weighted by Gasteiger charge is 2.17. The fourth-order valence-electron chi connectivity index (χ4n) is 1.41. The number of aromatic nitrogens is 1. The maximum absolute atomic E-state index is 10.5. The predicted octanol–water partition coefficient (Wildman–Crippen LogP) is 1.59. The summed E-state index contributed by atoms with van der Waals surface area (Å²) < 4.78 is 0. The van der Waals surface area contributed by atoms with Crippen LogP contribution < -0.4 is 0 Å². The van der Waals surface area contributed by atoms with Crippen molar-refractivity contribution in [1.82, 2.24) is 4.98 Å². The van der Waals surface area contributed by atoms with Gasteiger partial charge in [-0.1, -0.05) is 0 Å². The van der Waals surface area contributed by atoms with Crippen molar-refractivity contribution in [1.29, 1.82) is 0 Å². The molecular formula is C9H6N2O4. The van der Waals surface area contributed by atoms with Gasteiger partial charge in [0.25, 0.3) is 0 Å². The topological polar surface area (TPSA) is 96.2 Å². The van der Waals surface area contributed by atoms with E-state index in [1.807, 2.05) is 0 Å². The third kappa shape index (κ3) is 1.32. The van der Waals surface area contributed by atoms with Crippen molar-refractivity contribution in [2.45, 2.75) is 0 Å². The second-order valence-electron chi connectivity index (χ2n) is 2.99. The van der Waals surface area contributed by atoms with Gasteiger partial charge >= 0.3 is 5.69 Å².